The van der Waals surface area contributed by atoms with Gasteiger partial charge in [0.05, 0.1) is 0 Å². The highest BCUT2D eigenvalue weighted by Crippen LogP contribution is 2.26. The van der Waals surface area contributed by atoms with Crippen molar-refractivity contribution in [2.45, 2.75) is 17.6 Å². The maximum absolute atomic E-state index is 12.4. The van der Waals surface area contributed by atoms with Crippen molar-refractivity contribution < 1.29 is 16.8 Å². The molecule has 0 spiro atoms. The van der Waals surface area contributed by atoms with Crippen molar-refractivity contribution in [3.63, 3.8) is 0 Å². The van der Waals surface area contributed by atoms with Gasteiger partial charge in [-0.05, 0) is 18.6 Å². The molecule has 0 amide bonds. The number of aryl methyl sites for hydroxylation is 1. The SMILES string of the molecule is CCc1ccc(S(=O)(=O)N2CCN(S(N)(=O)=O)CC2)s1. The number of thiophene rings is 1. The molecule has 0 saturated carbocycles. The van der Waals surface area contributed by atoms with Gasteiger partial charge in [-0.15, -0.1) is 11.3 Å². The van der Waals surface area contributed by atoms with Crippen LogP contribution < -0.4 is 5.14 Å². The number of piperazine rings is 1. The Morgan fingerprint density at radius 1 is 1.10 bits per heavy atom. The highest BCUT2D eigenvalue weighted by Gasteiger charge is 2.32. The molecular formula is C10H17N3O4S3. The van der Waals surface area contributed by atoms with E-state index in [9.17, 15) is 16.8 Å². The quantitative estimate of drug-likeness (QED) is 0.822. The number of rotatable bonds is 4. The van der Waals surface area contributed by atoms with E-state index in [4.69, 9.17) is 5.14 Å². The van der Waals surface area contributed by atoms with Gasteiger partial charge in [-0.1, -0.05) is 6.92 Å². The Morgan fingerprint density at radius 2 is 1.65 bits per heavy atom. The van der Waals surface area contributed by atoms with Crippen LogP contribution in [-0.4, -0.2) is 51.6 Å². The van der Waals surface area contributed by atoms with E-state index in [1.807, 2.05) is 6.92 Å². The maximum Gasteiger partial charge on any atom is 0.276 e. The molecule has 1 aromatic heterocycles. The average molecular weight is 339 g/mol. The lowest BCUT2D eigenvalue weighted by Gasteiger charge is -2.31. The van der Waals surface area contributed by atoms with Crippen LogP contribution >= 0.6 is 11.3 Å². The molecule has 0 atom stereocenters. The molecule has 1 aliphatic rings. The molecule has 0 aliphatic carbocycles. The Kier molecular flexibility index (Phi) is 4.52. The van der Waals surface area contributed by atoms with E-state index in [0.717, 1.165) is 15.6 Å². The number of sulfonamides is 1. The van der Waals surface area contributed by atoms with Crippen LogP contribution in [0.3, 0.4) is 0 Å². The molecule has 2 N–H and O–H groups in total. The predicted octanol–water partition coefficient (Wildman–Crippen LogP) is -0.180. The van der Waals surface area contributed by atoms with E-state index in [1.165, 1.54) is 15.6 Å². The van der Waals surface area contributed by atoms with Crippen LogP contribution in [0.2, 0.25) is 0 Å². The molecular weight excluding hydrogens is 322 g/mol. The Balaban J connectivity index is 2.13. The standard InChI is InChI=1S/C10H17N3O4S3/c1-2-9-3-4-10(18-9)19(14,15)12-5-7-13(8-6-12)20(11,16)17/h3-4H,2,5-8H2,1H3,(H2,11,16,17). The molecule has 2 rings (SSSR count). The van der Waals surface area contributed by atoms with Gasteiger partial charge in [0.2, 0.25) is 0 Å². The van der Waals surface area contributed by atoms with Crippen molar-refractivity contribution in [3.05, 3.63) is 17.0 Å². The molecule has 0 aromatic carbocycles. The highest BCUT2D eigenvalue weighted by atomic mass is 32.2. The van der Waals surface area contributed by atoms with E-state index in [0.29, 0.717) is 4.21 Å². The fourth-order valence-corrected chi connectivity index (χ4v) is 5.52. The molecule has 0 unspecified atom stereocenters. The number of nitrogens with two attached hydrogens (primary N) is 1. The molecule has 0 bridgehead atoms. The summed E-state index contributed by atoms with van der Waals surface area (Å²) in [5.74, 6) is 0. The number of hydrogen-bond donors (Lipinski definition) is 1. The monoisotopic (exact) mass is 339 g/mol. The Labute approximate surface area is 123 Å². The minimum Gasteiger partial charge on any atom is -0.216 e. The Hall–Kier alpha value is -0.520. The van der Waals surface area contributed by atoms with E-state index >= 15 is 0 Å². The normalized spacial score (nSPS) is 19.3. The summed E-state index contributed by atoms with van der Waals surface area (Å²) in [4.78, 5) is 1.01. The molecule has 2 heterocycles. The van der Waals surface area contributed by atoms with Crippen molar-refractivity contribution in [1.29, 1.82) is 0 Å². The molecule has 114 valence electrons. The van der Waals surface area contributed by atoms with Crippen LogP contribution in [0.1, 0.15) is 11.8 Å². The fourth-order valence-electron chi connectivity index (χ4n) is 1.98. The first-order chi connectivity index (χ1) is 9.25. The van der Waals surface area contributed by atoms with Gasteiger partial charge < -0.3 is 0 Å². The summed E-state index contributed by atoms with van der Waals surface area (Å²) in [5.41, 5.74) is 0. The minimum absolute atomic E-state index is 0.0874. The summed E-state index contributed by atoms with van der Waals surface area (Å²) in [7, 11) is -7.28. The Bertz CT molecular complexity index is 672. The molecule has 0 radical (unpaired) electrons. The van der Waals surface area contributed by atoms with Crippen LogP contribution in [0, 0.1) is 0 Å². The molecule has 20 heavy (non-hydrogen) atoms. The highest BCUT2D eigenvalue weighted by molar-refractivity contribution is 7.91. The van der Waals surface area contributed by atoms with Gasteiger partial charge in [0, 0.05) is 31.1 Å². The van der Waals surface area contributed by atoms with Gasteiger partial charge in [-0.25, -0.2) is 13.6 Å². The van der Waals surface area contributed by atoms with Gasteiger partial charge >= 0.3 is 0 Å². The zero-order valence-corrected chi connectivity index (χ0v) is 13.5. The van der Waals surface area contributed by atoms with Crippen LogP contribution in [-0.2, 0) is 26.7 Å². The molecule has 1 aromatic rings. The van der Waals surface area contributed by atoms with Crippen LogP contribution in [0.4, 0.5) is 0 Å². The third-order valence-corrected chi connectivity index (χ3v) is 7.82. The van der Waals surface area contributed by atoms with Crippen molar-refractivity contribution in [2.75, 3.05) is 26.2 Å². The zero-order valence-electron chi connectivity index (χ0n) is 11.0. The molecule has 1 aliphatic heterocycles. The maximum atomic E-state index is 12.4. The van der Waals surface area contributed by atoms with Gasteiger partial charge in [0.25, 0.3) is 20.2 Å². The van der Waals surface area contributed by atoms with Crippen molar-refractivity contribution in [3.8, 4) is 0 Å². The summed E-state index contributed by atoms with van der Waals surface area (Å²) in [6.07, 6.45) is 0.791. The smallest absolute Gasteiger partial charge is 0.216 e. The molecule has 1 saturated heterocycles. The van der Waals surface area contributed by atoms with Gasteiger partial charge in [-0.2, -0.15) is 17.0 Å². The molecule has 10 heteroatoms. The first-order valence-electron chi connectivity index (χ1n) is 6.12. The summed E-state index contributed by atoms with van der Waals surface area (Å²) >= 11 is 1.25. The van der Waals surface area contributed by atoms with Gasteiger partial charge in [0.15, 0.2) is 0 Å². The van der Waals surface area contributed by atoms with E-state index < -0.39 is 20.2 Å². The van der Waals surface area contributed by atoms with Crippen LogP contribution in [0.15, 0.2) is 16.3 Å². The lowest BCUT2D eigenvalue weighted by molar-refractivity contribution is 0.273. The Morgan fingerprint density at radius 3 is 2.10 bits per heavy atom. The minimum atomic E-state index is -3.74. The molecule has 1 fully saturated rings. The zero-order chi connectivity index (χ0) is 15.0. The summed E-state index contributed by atoms with van der Waals surface area (Å²) < 4.78 is 49.9. The summed E-state index contributed by atoms with van der Waals surface area (Å²) in [5, 5.41) is 5.03. The van der Waals surface area contributed by atoms with Crippen molar-refractivity contribution in [2.24, 2.45) is 5.14 Å². The van der Waals surface area contributed by atoms with E-state index in [-0.39, 0.29) is 26.2 Å². The lowest BCUT2D eigenvalue weighted by Crippen LogP contribution is -2.52. The molecule has 7 nitrogen and oxygen atoms in total. The lowest BCUT2D eigenvalue weighted by atomic mass is 10.4. The summed E-state index contributed by atoms with van der Waals surface area (Å²) in [6, 6.07) is 3.41. The first kappa shape index (κ1) is 15.9. The largest absolute Gasteiger partial charge is 0.276 e. The van der Waals surface area contributed by atoms with Crippen molar-refractivity contribution >= 4 is 31.6 Å². The van der Waals surface area contributed by atoms with Gasteiger partial charge in [0.1, 0.15) is 4.21 Å². The third kappa shape index (κ3) is 3.21. The van der Waals surface area contributed by atoms with E-state index in [1.54, 1.807) is 12.1 Å². The van der Waals surface area contributed by atoms with Gasteiger partial charge in [-0.3, -0.25) is 0 Å². The van der Waals surface area contributed by atoms with Crippen LogP contribution in [0.5, 0.6) is 0 Å². The average Bonchev–Trinajstić information content (AvgIpc) is 2.87. The third-order valence-electron chi connectivity index (χ3n) is 3.14. The second-order valence-corrected chi connectivity index (χ2v) is 9.30. The summed E-state index contributed by atoms with van der Waals surface area (Å²) in [6.45, 7) is 2.39. The number of hydrogen-bond acceptors (Lipinski definition) is 5. The predicted molar refractivity (Wildman–Crippen MR) is 77.1 cm³/mol. The fraction of sp³-hybridized carbons (Fsp3) is 0.600. The van der Waals surface area contributed by atoms with Crippen LogP contribution in [0.25, 0.3) is 0 Å². The van der Waals surface area contributed by atoms with E-state index in [2.05, 4.69) is 0 Å². The van der Waals surface area contributed by atoms with Crippen molar-refractivity contribution in [1.82, 2.24) is 8.61 Å². The number of nitrogens with zero attached hydrogens (tertiary/aromatic N) is 2. The second kappa shape index (κ2) is 5.70. The topological polar surface area (TPSA) is 101 Å². The second-order valence-electron chi connectivity index (χ2n) is 4.42. The first-order valence-corrected chi connectivity index (χ1v) is 9.88.